The van der Waals surface area contributed by atoms with Crippen molar-refractivity contribution in [3.8, 4) is 22.6 Å². The fourth-order valence-corrected chi connectivity index (χ4v) is 4.83. The summed E-state index contributed by atoms with van der Waals surface area (Å²) >= 11 is 0. The number of nitrogens with zero attached hydrogens (tertiary/aromatic N) is 1. The zero-order valence-electron chi connectivity index (χ0n) is 20.9. The predicted octanol–water partition coefficient (Wildman–Crippen LogP) is 9.15. The first kappa shape index (κ1) is 22.7. The molecule has 3 nitrogen and oxygen atoms in total. The van der Waals surface area contributed by atoms with Gasteiger partial charge in [-0.05, 0) is 112 Å². The van der Waals surface area contributed by atoms with E-state index in [1.165, 1.54) is 32.7 Å². The Kier molecular flexibility index (Phi) is 5.95. The van der Waals surface area contributed by atoms with Crippen LogP contribution < -0.4 is 14.4 Å². The maximum atomic E-state index is 5.37. The highest BCUT2D eigenvalue weighted by Crippen LogP contribution is 2.37. The van der Waals surface area contributed by atoms with E-state index in [9.17, 15) is 0 Å². The van der Waals surface area contributed by atoms with Crippen LogP contribution in [0.4, 0.5) is 17.1 Å². The van der Waals surface area contributed by atoms with Gasteiger partial charge in [0.1, 0.15) is 11.5 Å². The van der Waals surface area contributed by atoms with Crippen molar-refractivity contribution < 1.29 is 9.47 Å². The molecule has 6 aromatic rings. The lowest BCUT2D eigenvalue weighted by Gasteiger charge is -2.26. The third-order valence-electron chi connectivity index (χ3n) is 6.82. The molecule has 0 amide bonds. The summed E-state index contributed by atoms with van der Waals surface area (Å²) in [6, 6.07) is 44.7. The third-order valence-corrected chi connectivity index (χ3v) is 6.82. The largest absolute Gasteiger partial charge is 0.497 e. The summed E-state index contributed by atoms with van der Waals surface area (Å²) in [5.41, 5.74) is 5.57. The van der Waals surface area contributed by atoms with Gasteiger partial charge in [-0.1, -0.05) is 48.5 Å². The maximum absolute atomic E-state index is 5.37. The molecular weight excluding hydrogens is 454 g/mol. The molecule has 0 aliphatic rings. The van der Waals surface area contributed by atoms with E-state index in [0.717, 1.165) is 28.6 Å². The van der Waals surface area contributed by atoms with E-state index < -0.39 is 0 Å². The van der Waals surface area contributed by atoms with Crippen LogP contribution in [0.25, 0.3) is 32.7 Å². The van der Waals surface area contributed by atoms with Crippen LogP contribution in [0, 0.1) is 0 Å². The zero-order chi connectivity index (χ0) is 25.2. The highest BCUT2D eigenvalue weighted by molar-refractivity contribution is 5.99. The molecule has 0 saturated heterocycles. The number of hydrogen-bond acceptors (Lipinski definition) is 3. The second kappa shape index (κ2) is 9.71. The van der Waals surface area contributed by atoms with Crippen LogP contribution in [0.3, 0.4) is 0 Å². The number of methoxy groups -OCH3 is 2. The van der Waals surface area contributed by atoms with Crippen molar-refractivity contribution in [1.29, 1.82) is 0 Å². The molecule has 180 valence electrons. The van der Waals surface area contributed by atoms with Gasteiger partial charge in [0.25, 0.3) is 0 Å². The molecule has 0 aliphatic carbocycles. The standard InChI is InChI=1S/C34H27NO2/c1-36-33-17-13-31(14-18-33)35(32-15-19-34(37-2)20-16-32)30-11-9-24(10-12-30)27-7-8-28-21-25-5-3-4-6-26(25)22-29(28)23-27/h3-23H,1-2H3. The van der Waals surface area contributed by atoms with E-state index in [1.807, 2.05) is 24.3 Å². The topological polar surface area (TPSA) is 21.7 Å². The molecule has 6 rings (SSSR count). The molecular formula is C34H27NO2. The lowest BCUT2D eigenvalue weighted by molar-refractivity contribution is 0.415. The summed E-state index contributed by atoms with van der Waals surface area (Å²) in [4.78, 5) is 2.23. The molecule has 6 aromatic carbocycles. The number of fused-ring (bicyclic) bond motifs is 2. The van der Waals surface area contributed by atoms with E-state index in [0.29, 0.717) is 0 Å². The second-order valence-corrected chi connectivity index (χ2v) is 9.04. The SMILES string of the molecule is COc1ccc(N(c2ccc(OC)cc2)c2ccc(-c3ccc4cc5ccccc5cc4c3)cc2)cc1. The molecule has 0 aromatic heterocycles. The second-order valence-electron chi connectivity index (χ2n) is 9.04. The fraction of sp³-hybridized carbons (Fsp3) is 0.0588. The predicted molar refractivity (Wildman–Crippen MR) is 155 cm³/mol. The van der Waals surface area contributed by atoms with Crippen molar-refractivity contribution in [1.82, 2.24) is 0 Å². The van der Waals surface area contributed by atoms with Gasteiger partial charge in [-0.2, -0.15) is 0 Å². The lowest BCUT2D eigenvalue weighted by atomic mass is 9.98. The fourth-order valence-electron chi connectivity index (χ4n) is 4.83. The first-order valence-corrected chi connectivity index (χ1v) is 12.3. The van der Waals surface area contributed by atoms with E-state index in [4.69, 9.17) is 9.47 Å². The molecule has 0 unspecified atom stereocenters. The summed E-state index contributed by atoms with van der Waals surface area (Å²) in [5, 5.41) is 5.03. The first-order valence-electron chi connectivity index (χ1n) is 12.3. The van der Waals surface area contributed by atoms with Gasteiger partial charge in [-0.3, -0.25) is 0 Å². The van der Waals surface area contributed by atoms with Gasteiger partial charge in [-0.15, -0.1) is 0 Å². The molecule has 0 atom stereocenters. The Morgan fingerprint density at radius 2 is 0.838 bits per heavy atom. The Labute approximate surface area is 217 Å². The molecule has 37 heavy (non-hydrogen) atoms. The molecule has 0 saturated carbocycles. The normalized spacial score (nSPS) is 11.0. The minimum Gasteiger partial charge on any atom is -0.497 e. The maximum Gasteiger partial charge on any atom is 0.119 e. The zero-order valence-corrected chi connectivity index (χ0v) is 20.9. The number of benzene rings is 6. The van der Waals surface area contributed by atoms with Crippen LogP contribution in [0.5, 0.6) is 11.5 Å². The summed E-state index contributed by atoms with van der Waals surface area (Å²) < 4.78 is 10.7. The van der Waals surface area contributed by atoms with Crippen molar-refractivity contribution in [2.24, 2.45) is 0 Å². The van der Waals surface area contributed by atoms with Crippen LogP contribution in [0.2, 0.25) is 0 Å². The van der Waals surface area contributed by atoms with Gasteiger partial charge in [0.15, 0.2) is 0 Å². The van der Waals surface area contributed by atoms with Gasteiger partial charge in [-0.25, -0.2) is 0 Å². The minimum atomic E-state index is 0.831. The molecule has 0 bridgehead atoms. The highest BCUT2D eigenvalue weighted by Gasteiger charge is 2.13. The number of hydrogen-bond donors (Lipinski definition) is 0. The number of rotatable bonds is 6. The van der Waals surface area contributed by atoms with Gasteiger partial charge >= 0.3 is 0 Å². The van der Waals surface area contributed by atoms with Crippen molar-refractivity contribution >= 4 is 38.6 Å². The van der Waals surface area contributed by atoms with Gasteiger partial charge in [0.2, 0.25) is 0 Å². The van der Waals surface area contributed by atoms with E-state index >= 15 is 0 Å². The van der Waals surface area contributed by atoms with Gasteiger partial charge < -0.3 is 14.4 Å². The number of anilines is 3. The third kappa shape index (κ3) is 4.48. The Bertz CT molecular complexity index is 1620. The van der Waals surface area contributed by atoms with E-state index in [-0.39, 0.29) is 0 Å². The summed E-state index contributed by atoms with van der Waals surface area (Å²) in [5.74, 6) is 1.66. The van der Waals surface area contributed by atoms with Crippen molar-refractivity contribution in [2.45, 2.75) is 0 Å². The molecule has 3 heteroatoms. The van der Waals surface area contributed by atoms with E-state index in [2.05, 4.69) is 108 Å². The molecule has 0 heterocycles. The van der Waals surface area contributed by atoms with Crippen molar-refractivity contribution in [3.63, 3.8) is 0 Å². The van der Waals surface area contributed by atoms with Gasteiger partial charge in [0, 0.05) is 17.1 Å². The summed E-state index contributed by atoms with van der Waals surface area (Å²) in [6.45, 7) is 0. The quantitative estimate of drug-likeness (QED) is 0.221. The average Bonchev–Trinajstić information content (AvgIpc) is 2.97. The summed E-state index contributed by atoms with van der Waals surface area (Å²) in [6.07, 6.45) is 0. The smallest absolute Gasteiger partial charge is 0.119 e. The Hall–Kier alpha value is -4.76. The molecule has 0 spiro atoms. The summed E-state index contributed by atoms with van der Waals surface area (Å²) in [7, 11) is 3.37. The van der Waals surface area contributed by atoms with E-state index in [1.54, 1.807) is 14.2 Å². The van der Waals surface area contributed by atoms with Crippen molar-refractivity contribution in [3.05, 3.63) is 127 Å². The molecule has 0 fully saturated rings. The Morgan fingerprint density at radius 1 is 0.405 bits per heavy atom. The Balaban J connectivity index is 1.38. The van der Waals surface area contributed by atoms with Gasteiger partial charge in [0.05, 0.1) is 14.2 Å². The van der Waals surface area contributed by atoms with Crippen molar-refractivity contribution in [2.75, 3.05) is 19.1 Å². The monoisotopic (exact) mass is 481 g/mol. The number of ether oxygens (including phenoxy) is 2. The minimum absolute atomic E-state index is 0.831. The van der Waals surface area contributed by atoms with Crippen LogP contribution in [-0.2, 0) is 0 Å². The molecule has 0 aliphatic heterocycles. The molecule has 0 radical (unpaired) electrons. The molecule has 0 N–H and O–H groups in total. The van der Waals surface area contributed by atoms with Crippen LogP contribution >= 0.6 is 0 Å². The van der Waals surface area contributed by atoms with Crippen LogP contribution in [-0.4, -0.2) is 14.2 Å². The Morgan fingerprint density at radius 3 is 1.35 bits per heavy atom. The van der Waals surface area contributed by atoms with Crippen LogP contribution in [0.1, 0.15) is 0 Å². The lowest BCUT2D eigenvalue weighted by Crippen LogP contribution is -2.09. The van der Waals surface area contributed by atoms with Crippen LogP contribution in [0.15, 0.2) is 127 Å². The highest BCUT2D eigenvalue weighted by atomic mass is 16.5. The average molecular weight is 482 g/mol. The first-order chi connectivity index (χ1) is 18.2.